The van der Waals surface area contributed by atoms with Gasteiger partial charge in [0.1, 0.15) is 0 Å². The van der Waals surface area contributed by atoms with E-state index in [0.717, 1.165) is 44.2 Å². The second-order valence-corrected chi connectivity index (χ2v) is 15.5. The van der Waals surface area contributed by atoms with E-state index in [4.69, 9.17) is 0 Å². The number of rotatable bonds is 2. The van der Waals surface area contributed by atoms with Gasteiger partial charge in [-0.25, -0.2) is 0 Å². The Bertz CT molecular complexity index is 3800. The molecule has 2 heteroatoms. The number of nitriles is 2. The van der Waals surface area contributed by atoms with Crippen LogP contribution in [0, 0.1) is 36.5 Å². The van der Waals surface area contributed by atoms with Crippen molar-refractivity contribution in [3.63, 3.8) is 0 Å². The molecule has 0 N–H and O–H groups in total. The molecule has 0 saturated carbocycles. The zero-order valence-corrected chi connectivity index (χ0v) is 30.8. The van der Waals surface area contributed by atoms with Gasteiger partial charge in [0.25, 0.3) is 0 Å². The van der Waals surface area contributed by atoms with Crippen molar-refractivity contribution in [2.24, 2.45) is 0 Å². The smallest absolute Gasteiger partial charge is 0.0991 e. The predicted octanol–water partition coefficient (Wildman–Crippen LogP) is 14.6. The van der Waals surface area contributed by atoms with Gasteiger partial charge in [-0.2, -0.15) is 10.5 Å². The summed E-state index contributed by atoms with van der Waals surface area (Å²) in [6.45, 7) is 4.33. The molecule has 0 fully saturated rings. The summed E-state index contributed by atoms with van der Waals surface area (Å²) >= 11 is 0. The number of nitrogens with zero attached hydrogens (tertiary/aromatic N) is 2. The Labute approximate surface area is 322 Å². The van der Waals surface area contributed by atoms with E-state index in [2.05, 4.69) is 159 Å². The minimum atomic E-state index is 0.637. The Balaban J connectivity index is 1.43. The van der Waals surface area contributed by atoms with E-state index in [1.54, 1.807) is 0 Å². The summed E-state index contributed by atoms with van der Waals surface area (Å²) in [5.74, 6) is 0. The van der Waals surface area contributed by atoms with Gasteiger partial charge in [0.05, 0.1) is 23.3 Å². The number of fused-ring (bicyclic) bond motifs is 11. The molecule has 0 bridgehead atoms. The van der Waals surface area contributed by atoms with Crippen LogP contribution in [0.5, 0.6) is 0 Å². The fourth-order valence-corrected chi connectivity index (χ4v) is 10.2. The molecule has 0 radical (unpaired) electrons. The van der Waals surface area contributed by atoms with E-state index in [1.807, 2.05) is 12.1 Å². The van der Waals surface area contributed by atoms with Gasteiger partial charge in [-0.3, -0.25) is 0 Å². The molecule has 12 aromatic rings. The van der Waals surface area contributed by atoms with Crippen LogP contribution >= 0.6 is 0 Å². The van der Waals surface area contributed by atoms with E-state index >= 15 is 0 Å². The monoisotopic (exact) mass is 706 g/mol. The topological polar surface area (TPSA) is 47.6 Å². The summed E-state index contributed by atoms with van der Waals surface area (Å²) < 4.78 is 0. The van der Waals surface area contributed by atoms with Crippen LogP contribution < -0.4 is 0 Å². The van der Waals surface area contributed by atoms with Crippen molar-refractivity contribution in [1.29, 1.82) is 10.5 Å². The maximum absolute atomic E-state index is 10.3. The van der Waals surface area contributed by atoms with Gasteiger partial charge < -0.3 is 0 Å². The molecule has 12 rings (SSSR count). The van der Waals surface area contributed by atoms with Gasteiger partial charge in [-0.15, -0.1) is 0 Å². The van der Waals surface area contributed by atoms with Gasteiger partial charge in [0.15, 0.2) is 0 Å². The Morgan fingerprint density at radius 1 is 0.321 bits per heavy atom. The molecule has 0 spiro atoms. The first-order chi connectivity index (χ1) is 27.5. The average molecular weight is 707 g/mol. The summed E-state index contributed by atoms with van der Waals surface area (Å²) in [6, 6.07) is 57.6. The van der Waals surface area contributed by atoms with Crippen molar-refractivity contribution in [3.05, 3.63) is 168 Å². The number of hydrogen-bond donors (Lipinski definition) is 0. The van der Waals surface area contributed by atoms with E-state index in [9.17, 15) is 10.5 Å². The van der Waals surface area contributed by atoms with Crippen LogP contribution in [0.25, 0.3) is 119 Å². The molecule has 0 aliphatic heterocycles. The fraction of sp³-hybridized carbons (Fsp3) is 0.0370. The lowest BCUT2D eigenvalue weighted by atomic mass is 9.83. The minimum absolute atomic E-state index is 0.637. The molecule has 2 nitrogen and oxygen atoms in total. The molecule has 56 heavy (non-hydrogen) atoms. The average Bonchev–Trinajstić information content (AvgIpc) is 3.73. The Morgan fingerprint density at radius 3 is 1.30 bits per heavy atom. The summed E-state index contributed by atoms with van der Waals surface area (Å²) in [7, 11) is 0. The van der Waals surface area contributed by atoms with Crippen molar-refractivity contribution < 1.29 is 0 Å². The molecule has 0 aromatic heterocycles. The second kappa shape index (κ2) is 11.0. The van der Waals surface area contributed by atoms with Crippen LogP contribution in [0.3, 0.4) is 0 Å². The molecule has 12 aromatic carbocycles. The lowest BCUT2D eigenvalue weighted by molar-refractivity contribution is 1.43. The molecule has 0 unspecified atom stereocenters. The molecule has 0 amide bonds. The standard InChI is InChI=1S/C54H30N2/c1-29-17-19-31(27-55)21-41(29)51-46-25-43-39-15-7-13-37-35-11-5-3-9-33(35)23-45(49(37)39)44(43)26-47(46)52(42-22-32(28-56)20-18-30(42)2)54-48-24-34-10-4-6-12-36(34)38-14-8-16-40(50(38)48)53(51)54/h3-26H,1-2H3. The van der Waals surface area contributed by atoms with Crippen molar-refractivity contribution >= 4 is 97.0 Å². The zero-order valence-electron chi connectivity index (χ0n) is 30.8. The normalized spacial score (nSPS) is 12.1. The second-order valence-electron chi connectivity index (χ2n) is 15.5. The first kappa shape index (κ1) is 30.9. The lowest BCUT2D eigenvalue weighted by Crippen LogP contribution is -1.94. The molecular weight excluding hydrogens is 677 g/mol. The number of hydrogen-bond acceptors (Lipinski definition) is 2. The lowest BCUT2D eigenvalue weighted by Gasteiger charge is -2.20. The van der Waals surface area contributed by atoms with Crippen LogP contribution in [0.15, 0.2) is 146 Å². The van der Waals surface area contributed by atoms with Gasteiger partial charge in [-0.1, -0.05) is 97.1 Å². The van der Waals surface area contributed by atoms with Gasteiger partial charge in [-0.05, 0) is 193 Å². The molecule has 256 valence electrons. The number of benzene rings is 10. The third-order valence-corrected chi connectivity index (χ3v) is 12.6. The molecule has 0 atom stereocenters. The molecule has 0 aliphatic rings. The Kier molecular flexibility index (Phi) is 6.08. The highest BCUT2D eigenvalue weighted by Crippen LogP contribution is 2.55. The Morgan fingerprint density at radius 2 is 0.750 bits per heavy atom. The number of aryl methyl sites for hydroxylation is 2. The van der Waals surface area contributed by atoms with Crippen LogP contribution in [0.2, 0.25) is 0 Å². The van der Waals surface area contributed by atoms with E-state index in [0.29, 0.717) is 11.1 Å². The van der Waals surface area contributed by atoms with E-state index in [-0.39, 0.29) is 0 Å². The summed E-state index contributed by atoms with van der Waals surface area (Å²) in [5, 5.41) is 42.5. The largest absolute Gasteiger partial charge is 0.192 e. The highest BCUT2D eigenvalue weighted by molar-refractivity contribution is 6.44. The maximum Gasteiger partial charge on any atom is 0.0991 e. The van der Waals surface area contributed by atoms with E-state index in [1.165, 1.54) is 86.2 Å². The maximum atomic E-state index is 10.3. The van der Waals surface area contributed by atoms with Gasteiger partial charge in [0.2, 0.25) is 0 Å². The first-order valence-corrected chi connectivity index (χ1v) is 19.1. The van der Waals surface area contributed by atoms with Gasteiger partial charge >= 0.3 is 0 Å². The first-order valence-electron chi connectivity index (χ1n) is 19.1. The highest BCUT2D eigenvalue weighted by Gasteiger charge is 2.27. The third-order valence-electron chi connectivity index (χ3n) is 12.6. The van der Waals surface area contributed by atoms with Crippen LogP contribution in [0.1, 0.15) is 22.3 Å². The third kappa shape index (κ3) is 3.93. The van der Waals surface area contributed by atoms with Crippen molar-refractivity contribution in [1.82, 2.24) is 0 Å². The van der Waals surface area contributed by atoms with Crippen LogP contribution in [-0.4, -0.2) is 0 Å². The molecule has 0 heterocycles. The quantitative estimate of drug-likeness (QED) is 0.168. The predicted molar refractivity (Wildman–Crippen MR) is 236 cm³/mol. The summed E-state index contributed by atoms with van der Waals surface area (Å²) in [6.07, 6.45) is 0. The Hall–Kier alpha value is -7.52. The molecular formula is C54H30N2. The van der Waals surface area contributed by atoms with Crippen LogP contribution in [0.4, 0.5) is 0 Å². The fourth-order valence-electron chi connectivity index (χ4n) is 10.2. The SMILES string of the molecule is Cc1ccc(C#N)cc1-c1c2cc3c(cc2c(-c2cc(C#N)ccc2C)c2c4cc5ccccc5c5cccc(c12)c54)c1cc2ccccc2c2cccc3c21. The summed E-state index contributed by atoms with van der Waals surface area (Å²) in [4.78, 5) is 0. The van der Waals surface area contributed by atoms with Gasteiger partial charge in [0, 0.05) is 0 Å². The zero-order chi connectivity index (χ0) is 37.4. The van der Waals surface area contributed by atoms with E-state index < -0.39 is 0 Å². The van der Waals surface area contributed by atoms with Crippen molar-refractivity contribution in [2.45, 2.75) is 13.8 Å². The minimum Gasteiger partial charge on any atom is -0.192 e. The van der Waals surface area contributed by atoms with Crippen LogP contribution in [-0.2, 0) is 0 Å². The molecule has 0 aliphatic carbocycles. The van der Waals surface area contributed by atoms with Crippen molar-refractivity contribution in [2.75, 3.05) is 0 Å². The van der Waals surface area contributed by atoms with Crippen molar-refractivity contribution in [3.8, 4) is 34.4 Å². The highest BCUT2D eigenvalue weighted by atomic mass is 14.3. The molecule has 0 saturated heterocycles. The summed E-state index contributed by atoms with van der Waals surface area (Å²) in [5.41, 5.74) is 7.93.